The first-order valence-electron chi connectivity index (χ1n) is 7.64. The normalized spacial score (nSPS) is 16.9. The molecule has 0 spiro atoms. The fourth-order valence-corrected chi connectivity index (χ4v) is 5.54. The van der Waals surface area contributed by atoms with Crippen molar-refractivity contribution in [3.8, 4) is 6.19 Å². The predicted octanol–water partition coefficient (Wildman–Crippen LogP) is 3.28. The summed E-state index contributed by atoms with van der Waals surface area (Å²) in [5.74, 6) is 0.486. The van der Waals surface area contributed by atoms with Gasteiger partial charge in [0.05, 0.1) is 11.5 Å². The number of amidine groups is 1. The first-order chi connectivity index (χ1) is 11.4. The molecule has 0 N–H and O–H groups in total. The van der Waals surface area contributed by atoms with Gasteiger partial charge >= 0.3 is 0 Å². The van der Waals surface area contributed by atoms with Gasteiger partial charge in [-0.05, 0) is 42.7 Å². The molecule has 1 aromatic carbocycles. The van der Waals surface area contributed by atoms with Gasteiger partial charge in [-0.2, -0.15) is 5.26 Å². The van der Waals surface area contributed by atoms with Crippen molar-refractivity contribution in [3.63, 3.8) is 0 Å². The number of hydrogen-bond donors (Lipinski definition) is 0. The molecule has 1 aliphatic heterocycles. The molecule has 0 aromatic heterocycles. The Hall–Kier alpha value is -1.04. The number of sulfone groups is 1. The molecule has 0 aliphatic carbocycles. The van der Waals surface area contributed by atoms with E-state index in [9.17, 15) is 8.42 Å². The van der Waals surface area contributed by atoms with E-state index in [4.69, 9.17) is 5.26 Å². The second-order valence-electron chi connectivity index (χ2n) is 5.81. The van der Waals surface area contributed by atoms with Crippen LogP contribution in [0.5, 0.6) is 0 Å². The summed E-state index contributed by atoms with van der Waals surface area (Å²) in [5, 5.41) is 9.42. The van der Waals surface area contributed by atoms with Gasteiger partial charge in [0, 0.05) is 17.6 Å². The van der Waals surface area contributed by atoms with Crippen molar-refractivity contribution in [1.82, 2.24) is 4.90 Å². The van der Waals surface area contributed by atoms with Gasteiger partial charge in [0.15, 0.2) is 15.0 Å². The van der Waals surface area contributed by atoms with Crippen LogP contribution in [0.1, 0.15) is 18.4 Å². The molecule has 0 bridgehead atoms. The van der Waals surface area contributed by atoms with Gasteiger partial charge in [-0.15, -0.1) is 4.99 Å². The maximum absolute atomic E-state index is 12.4. The molecule has 1 fully saturated rings. The van der Waals surface area contributed by atoms with E-state index in [1.165, 1.54) is 11.8 Å². The summed E-state index contributed by atoms with van der Waals surface area (Å²) in [6, 6.07) is 7.41. The third kappa shape index (κ3) is 5.80. The summed E-state index contributed by atoms with van der Waals surface area (Å²) in [7, 11) is -3.12. The number of likely N-dealkylation sites (tertiary alicyclic amines) is 1. The average Bonchev–Trinajstić information content (AvgIpc) is 2.55. The molecule has 2 rings (SSSR count). The summed E-state index contributed by atoms with van der Waals surface area (Å²) < 4.78 is 25.8. The maximum atomic E-state index is 12.4. The van der Waals surface area contributed by atoms with Crippen molar-refractivity contribution >= 4 is 42.7 Å². The predicted molar refractivity (Wildman–Crippen MR) is 102 cm³/mol. The lowest BCUT2D eigenvalue weighted by molar-refractivity contribution is 0.285. The molecule has 0 radical (unpaired) electrons. The van der Waals surface area contributed by atoms with Crippen molar-refractivity contribution < 1.29 is 8.42 Å². The summed E-state index contributed by atoms with van der Waals surface area (Å²) >= 11 is 4.80. The van der Waals surface area contributed by atoms with Gasteiger partial charge in [-0.3, -0.25) is 0 Å². The molecule has 0 unspecified atom stereocenters. The van der Waals surface area contributed by atoms with Gasteiger partial charge < -0.3 is 4.90 Å². The van der Waals surface area contributed by atoms with Crippen molar-refractivity contribution in [2.75, 3.05) is 25.1 Å². The second-order valence-corrected chi connectivity index (χ2v) is 9.61. The van der Waals surface area contributed by atoms with E-state index in [0.29, 0.717) is 5.17 Å². The van der Waals surface area contributed by atoms with Gasteiger partial charge in [-0.25, -0.2) is 8.42 Å². The van der Waals surface area contributed by atoms with E-state index in [2.05, 4.69) is 25.8 Å². The SMILES string of the molecule is CSC(=NC#N)N1CCC(CS(=O)(=O)Cc2ccc(Br)cc2)CC1. The molecular weight excluding hydrogens is 410 g/mol. The number of hydrogen-bond acceptors (Lipinski definition) is 5. The van der Waals surface area contributed by atoms with Crippen LogP contribution < -0.4 is 0 Å². The fraction of sp³-hybridized carbons (Fsp3) is 0.500. The summed E-state index contributed by atoms with van der Waals surface area (Å²) in [5.41, 5.74) is 0.821. The molecule has 0 saturated carbocycles. The highest BCUT2D eigenvalue weighted by atomic mass is 79.9. The number of thioether (sulfide) groups is 1. The minimum absolute atomic E-state index is 0.0897. The molecule has 1 saturated heterocycles. The Kier molecular flexibility index (Phi) is 7.14. The molecule has 1 heterocycles. The summed E-state index contributed by atoms with van der Waals surface area (Å²) in [6.07, 6.45) is 5.34. The highest BCUT2D eigenvalue weighted by Gasteiger charge is 2.26. The van der Waals surface area contributed by atoms with Gasteiger partial charge in [0.2, 0.25) is 6.19 Å². The van der Waals surface area contributed by atoms with Crippen LogP contribution in [0.3, 0.4) is 0 Å². The first kappa shape index (κ1) is 19.3. The number of rotatable bonds is 4. The second kappa shape index (κ2) is 8.88. The molecule has 1 aliphatic rings. The first-order valence-corrected chi connectivity index (χ1v) is 11.5. The van der Waals surface area contributed by atoms with E-state index < -0.39 is 9.84 Å². The monoisotopic (exact) mass is 429 g/mol. The third-order valence-electron chi connectivity index (χ3n) is 4.00. The molecule has 130 valence electrons. The average molecular weight is 430 g/mol. The smallest absolute Gasteiger partial charge is 0.208 e. The molecule has 0 amide bonds. The fourth-order valence-electron chi connectivity index (χ4n) is 2.83. The molecule has 5 nitrogen and oxygen atoms in total. The third-order valence-corrected chi connectivity index (χ3v) is 7.00. The minimum Gasteiger partial charge on any atom is -0.351 e. The molecule has 24 heavy (non-hydrogen) atoms. The van der Waals surface area contributed by atoms with E-state index in [0.717, 1.165) is 36.0 Å². The zero-order chi connectivity index (χ0) is 17.6. The van der Waals surface area contributed by atoms with Crippen LogP contribution in [0, 0.1) is 17.4 Å². The maximum Gasteiger partial charge on any atom is 0.208 e. The largest absolute Gasteiger partial charge is 0.351 e. The van der Waals surface area contributed by atoms with Crippen LogP contribution in [-0.4, -0.2) is 43.6 Å². The Balaban J connectivity index is 1.89. The van der Waals surface area contributed by atoms with Crippen molar-refractivity contribution in [2.45, 2.75) is 18.6 Å². The number of benzene rings is 1. The number of nitriles is 1. The van der Waals surface area contributed by atoms with Crippen molar-refractivity contribution in [2.24, 2.45) is 10.9 Å². The number of piperidine rings is 1. The Morgan fingerprint density at radius 1 is 1.38 bits per heavy atom. The lowest BCUT2D eigenvalue weighted by Gasteiger charge is -2.32. The van der Waals surface area contributed by atoms with Crippen LogP contribution >= 0.6 is 27.7 Å². The van der Waals surface area contributed by atoms with Crippen LogP contribution in [0.2, 0.25) is 0 Å². The molecular formula is C16H20BrN3O2S2. The van der Waals surface area contributed by atoms with Crippen molar-refractivity contribution in [3.05, 3.63) is 34.3 Å². The molecule has 0 atom stereocenters. The summed E-state index contributed by atoms with van der Waals surface area (Å²) in [6.45, 7) is 1.50. The molecule has 1 aromatic rings. The van der Waals surface area contributed by atoms with Gasteiger partial charge in [-0.1, -0.05) is 39.8 Å². The van der Waals surface area contributed by atoms with Crippen LogP contribution in [0.25, 0.3) is 0 Å². The quantitative estimate of drug-likeness (QED) is 0.417. The highest BCUT2D eigenvalue weighted by molar-refractivity contribution is 9.10. The minimum atomic E-state index is -3.12. The van der Waals surface area contributed by atoms with Crippen LogP contribution in [0.4, 0.5) is 0 Å². The number of halogens is 1. The van der Waals surface area contributed by atoms with E-state index in [-0.39, 0.29) is 17.4 Å². The highest BCUT2D eigenvalue weighted by Crippen LogP contribution is 2.23. The van der Waals surface area contributed by atoms with Gasteiger partial charge in [0.1, 0.15) is 0 Å². The zero-order valence-electron chi connectivity index (χ0n) is 13.5. The van der Waals surface area contributed by atoms with Crippen molar-refractivity contribution in [1.29, 1.82) is 5.26 Å². The van der Waals surface area contributed by atoms with Crippen LogP contribution in [0.15, 0.2) is 33.7 Å². The lowest BCUT2D eigenvalue weighted by Crippen LogP contribution is -2.38. The van der Waals surface area contributed by atoms with E-state index in [1.54, 1.807) is 0 Å². The van der Waals surface area contributed by atoms with E-state index >= 15 is 0 Å². The summed E-state index contributed by atoms with van der Waals surface area (Å²) in [4.78, 5) is 5.88. The molecule has 8 heteroatoms. The topological polar surface area (TPSA) is 73.5 Å². The Bertz CT molecular complexity index is 719. The number of nitrogens with zero attached hydrogens (tertiary/aromatic N) is 3. The van der Waals surface area contributed by atoms with E-state index in [1.807, 2.05) is 36.7 Å². The Morgan fingerprint density at radius 3 is 2.54 bits per heavy atom. The Morgan fingerprint density at radius 2 is 2.00 bits per heavy atom. The number of aliphatic imine (C=N–C) groups is 1. The standard InChI is InChI=1S/C16H20BrN3O2S2/c1-23-16(19-12-18)20-8-6-14(7-9-20)11-24(21,22)10-13-2-4-15(17)5-3-13/h2-5,14H,6-11H2,1H3. The zero-order valence-corrected chi connectivity index (χ0v) is 16.7. The Labute approximate surface area is 156 Å². The van der Waals surface area contributed by atoms with Crippen LogP contribution in [-0.2, 0) is 15.6 Å². The van der Waals surface area contributed by atoms with Gasteiger partial charge in [0.25, 0.3) is 0 Å². The lowest BCUT2D eigenvalue weighted by atomic mass is 9.99.